The molecule has 6 atom stereocenters. The van der Waals surface area contributed by atoms with E-state index in [1.54, 1.807) is 0 Å². The number of Topliss-reactive ketones (excluding diaryl/α,β-unsaturated/α-hetero) is 1. The van der Waals surface area contributed by atoms with Crippen LogP contribution < -0.4 is 0 Å². The van der Waals surface area contributed by atoms with E-state index in [1.165, 1.54) is 0 Å². The number of hydrogen-bond acceptors (Lipinski definition) is 3. The van der Waals surface area contributed by atoms with Crippen LogP contribution >= 0.6 is 0 Å². The monoisotopic (exact) mass is 332 g/mol. The minimum Gasteiger partial charge on any atom is -0.481 e. The average molecular weight is 332 g/mol. The van der Waals surface area contributed by atoms with Crippen molar-refractivity contribution < 1.29 is 19.8 Å². The van der Waals surface area contributed by atoms with Crippen LogP contribution in [0.25, 0.3) is 0 Å². The average Bonchev–Trinajstić information content (AvgIpc) is 2.64. The third kappa shape index (κ3) is 1.63. The van der Waals surface area contributed by atoms with Gasteiger partial charge in [-0.3, -0.25) is 9.59 Å². The Hall–Kier alpha value is -1.16. The standard InChI is InChI=1S/C20H28O4/c1-12-15(21)19-9-5-13-17(2,7-4-8-18(13,3)16(22)23)14(19)6-10-20(12,24)11-19/h13-14,24H,1,4-11H2,2-3H3,(H,22,23)/t13-,14-,17+,18+,19+,20-/m0/s1. The number of aliphatic carboxylic acids is 1. The lowest BCUT2D eigenvalue weighted by molar-refractivity contribution is -0.187. The summed E-state index contributed by atoms with van der Waals surface area (Å²) in [6.45, 7) is 8.06. The third-order valence-corrected chi connectivity index (χ3v) is 8.55. The Morgan fingerprint density at radius 3 is 2.46 bits per heavy atom. The lowest BCUT2D eigenvalue weighted by Crippen LogP contribution is -2.60. The number of ketones is 1. The summed E-state index contributed by atoms with van der Waals surface area (Å²) in [5, 5.41) is 20.7. The van der Waals surface area contributed by atoms with Crippen LogP contribution in [0.5, 0.6) is 0 Å². The van der Waals surface area contributed by atoms with E-state index in [0.29, 0.717) is 24.8 Å². The van der Waals surface area contributed by atoms with Crippen LogP contribution in [-0.2, 0) is 9.59 Å². The van der Waals surface area contributed by atoms with E-state index < -0.39 is 22.4 Å². The molecule has 0 aromatic rings. The first kappa shape index (κ1) is 16.3. The Morgan fingerprint density at radius 2 is 1.79 bits per heavy atom. The van der Waals surface area contributed by atoms with Crippen LogP contribution in [0, 0.1) is 28.1 Å². The molecule has 1 spiro atoms. The maximum absolute atomic E-state index is 13.1. The molecule has 2 N–H and O–H groups in total. The molecule has 24 heavy (non-hydrogen) atoms. The smallest absolute Gasteiger partial charge is 0.309 e. The molecule has 0 heterocycles. The lowest BCUT2D eigenvalue weighted by Gasteiger charge is -2.62. The second-order valence-electron chi connectivity index (χ2n) is 9.44. The highest BCUT2D eigenvalue weighted by Gasteiger charge is 2.70. The van der Waals surface area contributed by atoms with Crippen molar-refractivity contribution in [2.45, 2.75) is 70.8 Å². The number of carboxylic acids is 1. The summed E-state index contributed by atoms with van der Waals surface area (Å²) >= 11 is 0. The van der Waals surface area contributed by atoms with Gasteiger partial charge in [0.25, 0.3) is 0 Å². The highest BCUT2D eigenvalue weighted by molar-refractivity contribution is 6.04. The summed E-state index contributed by atoms with van der Waals surface area (Å²) in [6.07, 6.45) is 6.01. The zero-order chi connectivity index (χ0) is 17.5. The number of hydrogen-bond donors (Lipinski definition) is 2. The molecule has 0 aliphatic heterocycles. The van der Waals surface area contributed by atoms with Gasteiger partial charge in [0, 0.05) is 11.0 Å². The fourth-order valence-electron chi connectivity index (χ4n) is 7.37. The Balaban J connectivity index is 1.80. The zero-order valence-electron chi connectivity index (χ0n) is 14.7. The van der Waals surface area contributed by atoms with E-state index in [2.05, 4.69) is 13.5 Å². The maximum atomic E-state index is 13.1. The summed E-state index contributed by atoms with van der Waals surface area (Å²) in [4.78, 5) is 25.1. The Bertz CT molecular complexity index is 654. The zero-order valence-corrected chi connectivity index (χ0v) is 14.7. The normalized spacial score (nSPS) is 53.5. The first-order valence-electron chi connectivity index (χ1n) is 9.30. The van der Waals surface area contributed by atoms with E-state index in [9.17, 15) is 19.8 Å². The topological polar surface area (TPSA) is 74.6 Å². The SMILES string of the molecule is C=C1C(=O)[C@@]23CC[C@H]4[C@@](C)(CCC[C@@]4(C)C(=O)O)[C@@H]2CC[C@]1(O)C3. The highest BCUT2D eigenvalue weighted by atomic mass is 16.4. The van der Waals surface area contributed by atoms with Crippen molar-refractivity contribution >= 4 is 11.8 Å². The quantitative estimate of drug-likeness (QED) is 0.722. The molecule has 0 amide bonds. The van der Waals surface area contributed by atoms with E-state index in [1.807, 2.05) is 6.92 Å². The van der Waals surface area contributed by atoms with Crippen molar-refractivity contribution in [1.82, 2.24) is 0 Å². The molecule has 0 aromatic carbocycles. The van der Waals surface area contributed by atoms with Crippen molar-refractivity contribution in [2.75, 3.05) is 0 Å². The molecule has 132 valence electrons. The van der Waals surface area contributed by atoms with Gasteiger partial charge in [-0.15, -0.1) is 0 Å². The molecule has 4 aliphatic rings. The van der Waals surface area contributed by atoms with Gasteiger partial charge in [0.2, 0.25) is 0 Å². The summed E-state index contributed by atoms with van der Waals surface area (Å²) < 4.78 is 0. The first-order valence-corrected chi connectivity index (χ1v) is 9.30. The van der Waals surface area contributed by atoms with Crippen LogP contribution in [0.1, 0.15) is 65.2 Å². The minimum absolute atomic E-state index is 0.0646. The van der Waals surface area contributed by atoms with Crippen LogP contribution in [0.3, 0.4) is 0 Å². The molecule has 4 rings (SSSR count). The molecular formula is C20H28O4. The van der Waals surface area contributed by atoms with Crippen molar-refractivity contribution in [3.8, 4) is 0 Å². The number of aliphatic hydroxyl groups is 1. The molecule has 4 fully saturated rings. The van der Waals surface area contributed by atoms with E-state index >= 15 is 0 Å². The van der Waals surface area contributed by atoms with Crippen LogP contribution in [0.2, 0.25) is 0 Å². The summed E-state index contributed by atoms with van der Waals surface area (Å²) in [7, 11) is 0. The van der Waals surface area contributed by atoms with Crippen molar-refractivity contribution in [3.05, 3.63) is 12.2 Å². The van der Waals surface area contributed by atoms with Crippen LogP contribution in [0.4, 0.5) is 0 Å². The van der Waals surface area contributed by atoms with Gasteiger partial charge >= 0.3 is 5.97 Å². The van der Waals surface area contributed by atoms with Crippen LogP contribution in [0.15, 0.2) is 12.2 Å². The number of fused-ring (bicyclic) bond motifs is 3. The van der Waals surface area contributed by atoms with Crippen molar-refractivity contribution in [1.29, 1.82) is 0 Å². The molecular weight excluding hydrogens is 304 g/mol. The molecule has 4 aliphatic carbocycles. The predicted octanol–water partition coefficient (Wildman–Crippen LogP) is 3.33. The van der Waals surface area contributed by atoms with Crippen molar-refractivity contribution in [3.63, 3.8) is 0 Å². The lowest BCUT2D eigenvalue weighted by atomic mass is 9.40. The molecule has 4 heteroatoms. The molecule has 0 aromatic heterocycles. The highest BCUT2D eigenvalue weighted by Crippen LogP contribution is 2.71. The maximum Gasteiger partial charge on any atom is 0.309 e. The second-order valence-corrected chi connectivity index (χ2v) is 9.44. The van der Waals surface area contributed by atoms with Crippen LogP contribution in [-0.4, -0.2) is 27.6 Å². The first-order chi connectivity index (χ1) is 11.1. The summed E-state index contributed by atoms with van der Waals surface area (Å²) in [6, 6.07) is 0. The fourth-order valence-corrected chi connectivity index (χ4v) is 7.37. The molecule has 4 saturated carbocycles. The van der Waals surface area contributed by atoms with Gasteiger partial charge in [-0.05, 0) is 69.1 Å². The molecule has 0 saturated heterocycles. The Kier molecular flexibility index (Phi) is 3.07. The van der Waals surface area contributed by atoms with Gasteiger partial charge in [0.05, 0.1) is 11.0 Å². The molecule has 2 bridgehead atoms. The minimum atomic E-state index is -1.01. The van der Waals surface area contributed by atoms with E-state index in [4.69, 9.17) is 0 Å². The second kappa shape index (κ2) is 4.51. The number of carbonyl (C=O) groups is 2. The summed E-state index contributed by atoms with van der Waals surface area (Å²) in [5.74, 6) is -0.340. The fraction of sp³-hybridized carbons (Fsp3) is 0.800. The van der Waals surface area contributed by atoms with Crippen molar-refractivity contribution in [2.24, 2.45) is 28.1 Å². The van der Waals surface area contributed by atoms with E-state index in [-0.39, 0.29) is 23.0 Å². The Labute approximate surface area is 143 Å². The van der Waals surface area contributed by atoms with Gasteiger partial charge in [-0.25, -0.2) is 0 Å². The molecule has 4 nitrogen and oxygen atoms in total. The number of carbonyl (C=O) groups excluding carboxylic acids is 1. The largest absolute Gasteiger partial charge is 0.481 e. The predicted molar refractivity (Wildman–Crippen MR) is 89.3 cm³/mol. The summed E-state index contributed by atoms with van der Waals surface area (Å²) in [5.41, 5.74) is -1.93. The van der Waals surface area contributed by atoms with Gasteiger partial charge in [0.15, 0.2) is 5.78 Å². The van der Waals surface area contributed by atoms with Gasteiger partial charge in [-0.1, -0.05) is 19.9 Å². The number of carboxylic acid groups (broad SMARTS) is 1. The third-order valence-electron chi connectivity index (χ3n) is 8.55. The van der Waals surface area contributed by atoms with E-state index in [0.717, 1.165) is 32.1 Å². The number of rotatable bonds is 1. The Morgan fingerprint density at radius 1 is 1.12 bits per heavy atom. The van der Waals surface area contributed by atoms with Gasteiger partial charge in [-0.2, -0.15) is 0 Å². The van der Waals surface area contributed by atoms with Gasteiger partial charge in [0.1, 0.15) is 0 Å². The molecule has 0 radical (unpaired) electrons. The van der Waals surface area contributed by atoms with Gasteiger partial charge < -0.3 is 10.2 Å². The molecule has 0 unspecified atom stereocenters.